The molecule has 2 aromatic heterocycles. The van der Waals surface area contributed by atoms with Gasteiger partial charge in [-0.15, -0.1) is 0 Å². The van der Waals surface area contributed by atoms with E-state index < -0.39 is 5.60 Å². The van der Waals surface area contributed by atoms with E-state index >= 15 is 0 Å². The molecule has 4 rings (SSSR count). The second kappa shape index (κ2) is 7.89. The lowest BCUT2D eigenvalue weighted by Gasteiger charge is -2.41. The van der Waals surface area contributed by atoms with Crippen LogP contribution in [-0.4, -0.2) is 52.9 Å². The fourth-order valence-electron chi connectivity index (χ4n) is 3.90. The van der Waals surface area contributed by atoms with Gasteiger partial charge >= 0.3 is 0 Å². The summed E-state index contributed by atoms with van der Waals surface area (Å²) in [6, 6.07) is 7.08. The van der Waals surface area contributed by atoms with E-state index in [1.807, 2.05) is 20.8 Å². The largest absolute Gasteiger partial charge is 0.489 e. The number of nitrogens with zero attached hydrogens (tertiary/aromatic N) is 3. The minimum Gasteiger partial charge on any atom is -0.489 e. The van der Waals surface area contributed by atoms with Crippen molar-refractivity contribution in [2.75, 3.05) is 19.9 Å². The van der Waals surface area contributed by atoms with E-state index in [1.54, 1.807) is 35.4 Å². The van der Waals surface area contributed by atoms with E-state index in [0.717, 1.165) is 0 Å². The molecule has 2 fully saturated rings. The molecule has 2 aliphatic rings. The van der Waals surface area contributed by atoms with Gasteiger partial charge in [-0.3, -0.25) is 9.78 Å². The first kappa shape index (κ1) is 20.1. The van der Waals surface area contributed by atoms with Crippen molar-refractivity contribution in [2.24, 2.45) is 0 Å². The third-order valence-electron chi connectivity index (χ3n) is 5.31. The third-order valence-corrected chi connectivity index (χ3v) is 5.62. The highest BCUT2D eigenvalue weighted by Gasteiger charge is 2.53. The molecule has 2 atom stereocenters. The van der Waals surface area contributed by atoms with Crippen molar-refractivity contribution in [3.05, 3.63) is 52.6 Å². The van der Waals surface area contributed by atoms with Crippen LogP contribution in [0.2, 0.25) is 5.02 Å². The van der Waals surface area contributed by atoms with Gasteiger partial charge in [0.2, 0.25) is 0 Å². The van der Waals surface area contributed by atoms with Crippen LogP contribution < -0.4 is 4.74 Å². The van der Waals surface area contributed by atoms with E-state index in [2.05, 4.69) is 9.97 Å². The van der Waals surface area contributed by atoms with Gasteiger partial charge in [-0.1, -0.05) is 11.6 Å². The van der Waals surface area contributed by atoms with Crippen LogP contribution in [-0.2, 0) is 15.1 Å². The van der Waals surface area contributed by atoms with Crippen molar-refractivity contribution < 1.29 is 19.0 Å². The van der Waals surface area contributed by atoms with Crippen LogP contribution in [0.5, 0.6) is 5.75 Å². The molecule has 2 aromatic rings. The minimum atomic E-state index is -0.729. The monoisotopic (exact) mass is 417 g/mol. The zero-order chi connectivity index (χ0) is 20.6. The molecular weight excluding hydrogens is 394 g/mol. The molecule has 4 heterocycles. The smallest absolute Gasteiger partial charge is 0.272 e. The number of aryl methyl sites for hydroxylation is 1. The second-order valence-corrected chi connectivity index (χ2v) is 8.00. The molecule has 2 aliphatic heterocycles. The number of amides is 1. The van der Waals surface area contributed by atoms with Crippen molar-refractivity contribution in [3.63, 3.8) is 0 Å². The van der Waals surface area contributed by atoms with E-state index in [1.165, 1.54) is 0 Å². The quantitative estimate of drug-likeness (QED) is 0.759. The fraction of sp³-hybridized carbons (Fsp3) is 0.476. The number of carbonyl (C=O) groups is 1. The first-order valence-corrected chi connectivity index (χ1v) is 10.1. The van der Waals surface area contributed by atoms with Crippen LogP contribution in [0.4, 0.5) is 0 Å². The van der Waals surface area contributed by atoms with Crippen LogP contribution >= 0.6 is 11.6 Å². The van der Waals surface area contributed by atoms with E-state index in [4.69, 9.17) is 25.8 Å². The summed E-state index contributed by atoms with van der Waals surface area (Å²) in [7, 11) is 0. The minimum absolute atomic E-state index is 0.0465. The number of halogens is 1. The normalized spacial score (nSPS) is 23.9. The summed E-state index contributed by atoms with van der Waals surface area (Å²) >= 11 is 6.38. The van der Waals surface area contributed by atoms with Crippen LogP contribution in [0.15, 0.2) is 30.5 Å². The van der Waals surface area contributed by atoms with Crippen molar-refractivity contribution in [1.29, 1.82) is 0 Å². The lowest BCUT2D eigenvalue weighted by molar-refractivity contribution is -0.0470. The predicted molar refractivity (Wildman–Crippen MR) is 107 cm³/mol. The number of aromatic nitrogens is 2. The van der Waals surface area contributed by atoms with Gasteiger partial charge in [0.05, 0.1) is 29.1 Å². The highest BCUT2D eigenvalue weighted by molar-refractivity contribution is 6.31. The Hall–Kier alpha value is -2.22. The molecule has 154 valence electrons. The lowest BCUT2D eigenvalue weighted by Crippen LogP contribution is -2.54. The SMILES string of the molecule is Cc1nc(C(=O)N2CC[C@]3(c4ncccc4Cl)OCOC3C2)ccc1OC(C)C. The van der Waals surface area contributed by atoms with Crippen LogP contribution in [0, 0.1) is 6.92 Å². The van der Waals surface area contributed by atoms with Gasteiger partial charge in [0, 0.05) is 19.2 Å². The predicted octanol–water partition coefficient (Wildman–Crippen LogP) is 3.34. The summed E-state index contributed by atoms with van der Waals surface area (Å²) in [5.41, 5.74) is 1.02. The molecule has 8 heteroatoms. The molecule has 0 radical (unpaired) electrons. The molecule has 2 saturated heterocycles. The Bertz CT molecular complexity index is 923. The van der Waals surface area contributed by atoms with E-state index in [-0.39, 0.29) is 24.9 Å². The van der Waals surface area contributed by atoms with Crippen LogP contribution in [0.25, 0.3) is 0 Å². The van der Waals surface area contributed by atoms with Gasteiger partial charge < -0.3 is 19.1 Å². The van der Waals surface area contributed by atoms with Gasteiger partial charge in [-0.2, -0.15) is 0 Å². The Balaban J connectivity index is 1.53. The Morgan fingerprint density at radius 1 is 1.38 bits per heavy atom. The number of carbonyl (C=O) groups excluding carboxylic acids is 1. The summed E-state index contributed by atoms with van der Waals surface area (Å²) < 4.78 is 17.5. The number of pyridine rings is 2. The Labute approximate surface area is 174 Å². The molecule has 0 N–H and O–H groups in total. The van der Waals surface area contributed by atoms with Gasteiger partial charge in [-0.25, -0.2) is 4.98 Å². The van der Waals surface area contributed by atoms with Crippen molar-refractivity contribution in [1.82, 2.24) is 14.9 Å². The van der Waals surface area contributed by atoms with Gasteiger partial charge in [0.15, 0.2) is 0 Å². The number of ether oxygens (including phenoxy) is 3. The molecule has 7 nitrogen and oxygen atoms in total. The molecule has 0 saturated carbocycles. The maximum atomic E-state index is 13.1. The molecule has 0 bridgehead atoms. The lowest BCUT2D eigenvalue weighted by atomic mass is 9.85. The Kier molecular flexibility index (Phi) is 5.46. The molecule has 0 spiro atoms. The average molecular weight is 418 g/mol. The van der Waals surface area contributed by atoms with Crippen LogP contribution in [0.1, 0.15) is 42.1 Å². The number of rotatable bonds is 4. The molecule has 29 heavy (non-hydrogen) atoms. The van der Waals surface area contributed by atoms with Crippen molar-refractivity contribution >= 4 is 17.5 Å². The summed E-state index contributed by atoms with van der Waals surface area (Å²) in [4.78, 5) is 23.7. The number of hydrogen-bond acceptors (Lipinski definition) is 6. The van der Waals surface area contributed by atoms with Crippen LogP contribution in [0.3, 0.4) is 0 Å². The highest BCUT2D eigenvalue weighted by Crippen LogP contribution is 2.44. The average Bonchev–Trinajstić information content (AvgIpc) is 3.13. The maximum absolute atomic E-state index is 13.1. The summed E-state index contributed by atoms with van der Waals surface area (Å²) in [6.07, 6.45) is 1.95. The Morgan fingerprint density at radius 2 is 2.21 bits per heavy atom. The molecule has 1 unspecified atom stereocenters. The molecule has 0 aliphatic carbocycles. The van der Waals surface area contributed by atoms with Crippen molar-refractivity contribution in [2.45, 2.75) is 45.0 Å². The maximum Gasteiger partial charge on any atom is 0.272 e. The standard InChI is InChI=1S/C21H24ClN3O4/c1-13(2)29-17-7-6-16(24-14(17)3)20(26)25-10-8-21(18(11-25)27-12-28-21)19-15(22)5-4-9-23-19/h4-7,9,13,18H,8,10-12H2,1-3H3/t18?,21-/m0/s1. The summed E-state index contributed by atoms with van der Waals surface area (Å²) in [5, 5.41) is 0.542. The first-order chi connectivity index (χ1) is 13.9. The van der Waals surface area contributed by atoms with Gasteiger partial charge in [-0.05, 0) is 45.0 Å². The molecular formula is C21H24ClN3O4. The van der Waals surface area contributed by atoms with Gasteiger partial charge in [0.1, 0.15) is 29.9 Å². The first-order valence-electron chi connectivity index (χ1n) is 9.71. The zero-order valence-electron chi connectivity index (χ0n) is 16.7. The number of fused-ring (bicyclic) bond motifs is 1. The number of piperidine rings is 1. The Morgan fingerprint density at radius 3 is 2.93 bits per heavy atom. The number of hydrogen-bond donors (Lipinski definition) is 0. The number of likely N-dealkylation sites (tertiary alicyclic amines) is 1. The highest BCUT2D eigenvalue weighted by atomic mass is 35.5. The summed E-state index contributed by atoms with van der Waals surface area (Å²) in [5.74, 6) is 0.548. The topological polar surface area (TPSA) is 73.8 Å². The van der Waals surface area contributed by atoms with Gasteiger partial charge in [0.25, 0.3) is 5.91 Å². The summed E-state index contributed by atoms with van der Waals surface area (Å²) in [6.45, 7) is 6.78. The van der Waals surface area contributed by atoms with E-state index in [0.29, 0.717) is 47.4 Å². The molecule has 0 aromatic carbocycles. The second-order valence-electron chi connectivity index (χ2n) is 7.59. The van der Waals surface area contributed by atoms with E-state index in [9.17, 15) is 4.79 Å². The molecule has 1 amide bonds. The third kappa shape index (κ3) is 3.70. The fourth-order valence-corrected chi connectivity index (χ4v) is 4.18. The van der Waals surface area contributed by atoms with Crippen molar-refractivity contribution in [3.8, 4) is 5.75 Å². The zero-order valence-corrected chi connectivity index (χ0v) is 17.5.